The minimum absolute atomic E-state index is 0.127. The van der Waals surface area contributed by atoms with Gasteiger partial charge < -0.3 is 14.5 Å². The number of amides is 1. The number of rotatable bonds is 4. The monoisotopic (exact) mass is 371 g/mol. The van der Waals surface area contributed by atoms with Crippen molar-refractivity contribution < 1.29 is 13.9 Å². The third-order valence-corrected chi connectivity index (χ3v) is 4.90. The van der Waals surface area contributed by atoms with Crippen molar-refractivity contribution in [3.63, 3.8) is 0 Å². The zero-order chi connectivity index (χ0) is 17.9. The largest absolute Gasteiger partial charge is 0.422 e. The van der Waals surface area contributed by atoms with Gasteiger partial charge in [0, 0.05) is 23.9 Å². The third kappa shape index (κ3) is 3.67. The minimum Gasteiger partial charge on any atom is -0.422 e. The van der Waals surface area contributed by atoms with E-state index in [1.807, 2.05) is 23.1 Å². The molecule has 134 valence electrons. The number of anilines is 1. The average molecular weight is 371 g/mol. The highest BCUT2D eigenvalue weighted by Gasteiger charge is 2.16. The normalized spacial score (nSPS) is 15.2. The van der Waals surface area contributed by atoms with Gasteiger partial charge in [-0.15, -0.1) is 11.3 Å². The Balaban J connectivity index is 1.50. The fourth-order valence-corrected chi connectivity index (χ4v) is 3.54. The van der Waals surface area contributed by atoms with Crippen molar-refractivity contribution in [1.82, 2.24) is 9.88 Å². The van der Waals surface area contributed by atoms with E-state index in [4.69, 9.17) is 9.15 Å². The maximum absolute atomic E-state index is 12.2. The van der Waals surface area contributed by atoms with Crippen LogP contribution < -0.4 is 10.9 Å². The Morgan fingerprint density at radius 2 is 2.08 bits per heavy atom. The molecule has 1 aliphatic heterocycles. The summed E-state index contributed by atoms with van der Waals surface area (Å²) in [6, 6.07) is 9.08. The van der Waals surface area contributed by atoms with E-state index in [1.54, 1.807) is 17.5 Å². The summed E-state index contributed by atoms with van der Waals surface area (Å²) >= 11 is 1.28. The third-order valence-electron chi connectivity index (χ3n) is 4.14. The standard InChI is InChI=1S/C18H17N3O4S/c22-16(10-21-5-7-24-8-6-21)20-18-19-14(11-26-18)13-9-12-3-1-2-4-15(12)25-17(13)23/h1-4,9,11H,5-8,10H2,(H,19,20,22). The number of nitrogens with zero attached hydrogens (tertiary/aromatic N) is 2. The molecule has 3 heterocycles. The zero-order valence-electron chi connectivity index (χ0n) is 13.9. The summed E-state index contributed by atoms with van der Waals surface area (Å²) in [6.45, 7) is 3.08. The van der Waals surface area contributed by atoms with Crippen molar-refractivity contribution in [2.45, 2.75) is 0 Å². The molecule has 2 aromatic heterocycles. The minimum atomic E-state index is -0.444. The summed E-state index contributed by atoms with van der Waals surface area (Å²) < 4.78 is 10.6. The van der Waals surface area contributed by atoms with Crippen LogP contribution in [-0.4, -0.2) is 48.6 Å². The highest BCUT2D eigenvalue weighted by molar-refractivity contribution is 7.14. The highest BCUT2D eigenvalue weighted by Crippen LogP contribution is 2.25. The molecule has 0 radical (unpaired) electrons. The first-order valence-corrected chi connectivity index (χ1v) is 9.16. The van der Waals surface area contributed by atoms with Crippen molar-refractivity contribution in [1.29, 1.82) is 0 Å². The Hall–Kier alpha value is -2.55. The predicted molar refractivity (Wildman–Crippen MR) is 99.5 cm³/mol. The Bertz CT molecular complexity index is 991. The number of morpholine rings is 1. The van der Waals surface area contributed by atoms with E-state index in [2.05, 4.69) is 10.3 Å². The van der Waals surface area contributed by atoms with E-state index in [1.165, 1.54) is 11.3 Å². The van der Waals surface area contributed by atoms with E-state index < -0.39 is 5.63 Å². The number of aromatic nitrogens is 1. The zero-order valence-corrected chi connectivity index (χ0v) is 14.8. The quantitative estimate of drug-likeness (QED) is 0.708. The van der Waals surface area contributed by atoms with Gasteiger partial charge in [0.15, 0.2) is 5.13 Å². The van der Waals surface area contributed by atoms with Crippen molar-refractivity contribution in [2.75, 3.05) is 38.2 Å². The van der Waals surface area contributed by atoms with Gasteiger partial charge in [0.25, 0.3) is 0 Å². The molecule has 26 heavy (non-hydrogen) atoms. The van der Waals surface area contributed by atoms with Crippen molar-refractivity contribution in [3.05, 3.63) is 46.1 Å². The van der Waals surface area contributed by atoms with Crippen LogP contribution in [0.3, 0.4) is 0 Å². The molecule has 0 unspecified atom stereocenters. The molecule has 0 aliphatic carbocycles. The first-order valence-electron chi connectivity index (χ1n) is 8.28. The number of thiazole rings is 1. The molecule has 1 amide bonds. The summed E-state index contributed by atoms with van der Waals surface area (Å²) in [4.78, 5) is 30.8. The summed E-state index contributed by atoms with van der Waals surface area (Å²) in [5.74, 6) is -0.127. The molecule has 0 saturated carbocycles. The van der Waals surface area contributed by atoms with Crippen LogP contribution in [0.2, 0.25) is 0 Å². The second-order valence-electron chi connectivity index (χ2n) is 5.96. The molecule has 0 bridgehead atoms. The van der Waals surface area contributed by atoms with Crippen LogP contribution in [0.15, 0.2) is 44.9 Å². The maximum Gasteiger partial charge on any atom is 0.345 e. The molecule has 1 fully saturated rings. The van der Waals surface area contributed by atoms with Crippen molar-refractivity contribution in [3.8, 4) is 11.3 Å². The molecule has 1 saturated heterocycles. The van der Waals surface area contributed by atoms with Crippen LogP contribution in [0.1, 0.15) is 0 Å². The second-order valence-corrected chi connectivity index (χ2v) is 6.82. The van der Waals surface area contributed by atoms with Gasteiger partial charge in [0.2, 0.25) is 5.91 Å². The lowest BCUT2D eigenvalue weighted by molar-refractivity contribution is -0.118. The summed E-state index contributed by atoms with van der Waals surface area (Å²) in [5, 5.41) is 5.82. The lowest BCUT2D eigenvalue weighted by Gasteiger charge is -2.25. The van der Waals surface area contributed by atoms with Gasteiger partial charge >= 0.3 is 5.63 Å². The lowest BCUT2D eigenvalue weighted by Crippen LogP contribution is -2.41. The van der Waals surface area contributed by atoms with E-state index in [0.717, 1.165) is 18.5 Å². The smallest absolute Gasteiger partial charge is 0.345 e. The molecule has 7 nitrogen and oxygen atoms in total. The fraction of sp³-hybridized carbons (Fsp3) is 0.278. The maximum atomic E-state index is 12.2. The van der Waals surface area contributed by atoms with E-state index in [9.17, 15) is 9.59 Å². The number of carbonyl (C=O) groups excluding carboxylic acids is 1. The number of carbonyl (C=O) groups is 1. The molecule has 1 aliphatic rings. The molecule has 0 spiro atoms. The van der Waals surface area contributed by atoms with Gasteiger partial charge in [0.1, 0.15) is 5.58 Å². The number of nitrogens with one attached hydrogen (secondary N) is 1. The van der Waals surface area contributed by atoms with Crippen LogP contribution in [0.5, 0.6) is 0 Å². The first kappa shape index (κ1) is 16.9. The number of fused-ring (bicyclic) bond motifs is 1. The fourth-order valence-electron chi connectivity index (χ4n) is 2.82. The van der Waals surface area contributed by atoms with Gasteiger partial charge in [0.05, 0.1) is 31.0 Å². The van der Waals surface area contributed by atoms with Crippen LogP contribution in [0.25, 0.3) is 22.2 Å². The SMILES string of the molecule is O=C(CN1CCOCC1)Nc1nc(-c2cc3ccccc3oc2=O)cs1. The Kier molecular flexibility index (Phi) is 4.79. The number of benzene rings is 1. The predicted octanol–water partition coefficient (Wildman–Crippen LogP) is 2.19. The Morgan fingerprint density at radius 3 is 2.92 bits per heavy atom. The molecular formula is C18H17N3O4S. The van der Waals surface area contributed by atoms with E-state index >= 15 is 0 Å². The molecule has 3 aromatic rings. The first-order chi connectivity index (χ1) is 12.7. The van der Waals surface area contributed by atoms with Crippen LogP contribution in [-0.2, 0) is 9.53 Å². The average Bonchev–Trinajstić information content (AvgIpc) is 3.10. The summed E-state index contributed by atoms with van der Waals surface area (Å²) in [5.41, 5.74) is 0.973. The number of hydrogen-bond donors (Lipinski definition) is 1. The van der Waals surface area contributed by atoms with E-state index in [-0.39, 0.29) is 5.91 Å². The molecule has 1 N–H and O–H groups in total. The molecule has 4 rings (SSSR count). The molecule has 8 heteroatoms. The topological polar surface area (TPSA) is 84.7 Å². The van der Waals surface area contributed by atoms with Crippen molar-refractivity contribution in [2.24, 2.45) is 0 Å². The van der Waals surface area contributed by atoms with Crippen molar-refractivity contribution >= 4 is 33.3 Å². The number of hydrogen-bond acceptors (Lipinski definition) is 7. The Morgan fingerprint density at radius 1 is 1.27 bits per heavy atom. The van der Waals surface area contributed by atoms with Gasteiger partial charge in [-0.2, -0.15) is 0 Å². The summed E-state index contributed by atoms with van der Waals surface area (Å²) in [7, 11) is 0. The van der Waals surface area contributed by atoms with Crippen LogP contribution in [0.4, 0.5) is 5.13 Å². The molecule has 0 atom stereocenters. The highest BCUT2D eigenvalue weighted by atomic mass is 32.1. The molecule has 1 aromatic carbocycles. The Labute approximate surface area is 153 Å². The van der Waals surface area contributed by atoms with Gasteiger partial charge in [-0.3, -0.25) is 9.69 Å². The van der Waals surface area contributed by atoms with Crippen LogP contribution in [0, 0.1) is 0 Å². The van der Waals surface area contributed by atoms with Gasteiger partial charge in [-0.1, -0.05) is 18.2 Å². The lowest BCUT2D eigenvalue weighted by atomic mass is 10.1. The van der Waals surface area contributed by atoms with Gasteiger partial charge in [-0.05, 0) is 12.1 Å². The summed E-state index contributed by atoms with van der Waals surface area (Å²) in [6.07, 6.45) is 0. The van der Waals surface area contributed by atoms with Crippen LogP contribution >= 0.6 is 11.3 Å². The van der Waals surface area contributed by atoms with Gasteiger partial charge in [-0.25, -0.2) is 9.78 Å². The second kappa shape index (κ2) is 7.36. The molecular weight excluding hydrogens is 354 g/mol. The number of para-hydroxylation sites is 1. The number of ether oxygens (including phenoxy) is 1. The van der Waals surface area contributed by atoms with E-state index in [0.29, 0.717) is 41.7 Å².